The number of Topliss-reactive ketones (excluding diaryl/α,β-unsaturated/α-hetero) is 1. The molecule has 8 nitrogen and oxygen atoms in total. The Hall–Kier alpha value is -3.78. The van der Waals surface area contributed by atoms with Crippen LogP contribution in [-0.4, -0.2) is 48.8 Å². The summed E-state index contributed by atoms with van der Waals surface area (Å²) in [5.41, 5.74) is 13.1. The number of fused-ring (bicyclic) bond motifs is 2. The SMILES string of the molecule is CCC.CCC/C=C(/NC(=NC(CCC)C(C)=O)c1c(C)c(CC)c(-c2ccc(F)c3sc(N)c(C#N)c23)c2c1COC2)OCC1CCCN1C. The highest BCUT2D eigenvalue weighted by atomic mass is 32.1. The van der Waals surface area contributed by atoms with Crippen molar-refractivity contribution < 1.29 is 18.7 Å². The number of benzene rings is 2. The number of aliphatic imine (C=N–C) groups is 1. The normalized spacial score (nSPS) is 16.8. The molecule has 0 bridgehead atoms. The van der Waals surface area contributed by atoms with E-state index >= 15 is 4.39 Å². The summed E-state index contributed by atoms with van der Waals surface area (Å²) in [5, 5.41) is 14.5. The molecule has 5 rings (SSSR count). The highest BCUT2D eigenvalue weighted by Crippen LogP contribution is 2.46. The molecule has 0 radical (unpaired) electrons. The summed E-state index contributed by atoms with van der Waals surface area (Å²) in [5.74, 6) is 0.838. The van der Waals surface area contributed by atoms with Gasteiger partial charge in [-0.15, -0.1) is 11.3 Å². The van der Waals surface area contributed by atoms with Crippen LogP contribution in [-0.2, 0) is 33.9 Å². The van der Waals surface area contributed by atoms with Crippen LogP contribution in [0.5, 0.6) is 0 Å². The lowest BCUT2D eigenvalue weighted by Crippen LogP contribution is -2.34. The van der Waals surface area contributed by atoms with Gasteiger partial charge in [0.2, 0.25) is 0 Å². The molecule has 3 aromatic rings. The molecule has 276 valence electrons. The van der Waals surface area contributed by atoms with Gasteiger partial charge in [-0.05, 0) is 105 Å². The van der Waals surface area contributed by atoms with Crippen molar-refractivity contribution in [3.05, 3.63) is 63.3 Å². The number of nitrogens with one attached hydrogen (secondary N) is 1. The minimum absolute atomic E-state index is 0.00871. The number of unbranched alkanes of at least 4 members (excludes halogenated alkanes) is 1. The van der Waals surface area contributed by atoms with Crippen molar-refractivity contribution in [3.63, 3.8) is 0 Å². The first-order valence-corrected chi connectivity index (χ1v) is 19.4. The smallest absolute Gasteiger partial charge is 0.188 e. The number of anilines is 1. The summed E-state index contributed by atoms with van der Waals surface area (Å²) in [6.07, 6.45) is 9.46. The molecule has 2 aliphatic rings. The van der Waals surface area contributed by atoms with Gasteiger partial charge in [0, 0.05) is 17.0 Å². The third kappa shape index (κ3) is 8.82. The van der Waals surface area contributed by atoms with E-state index in [4.69, 9.17) is 20.2 Å². The second kappa shape index (κ2) is 18.6. The van der Waals surface area contributed by atoms with Gasteiger partial charge in [-0.3, -0.25) is 9.79 Å². The zero-order valence-corrected chi connectivity index (χ0v) is 32.6. The standard InChI is InChI=1S/C38H48FN5O3S.C3H8/c1-7-10-14-32(47-19-24-13-11-17-44(24)6)43-38(42-31(12-8-2)23(5)45)33-22(4)25(9-3)34(29-21-46-20-28(29)33)26-15-16-30(39)36-35(26)27(18-40)37(41)48-36;1-3-2/h14-16,24,31H,7-13,17,19-21,41H2,1-6H3,(H,42,43);3H2,1-2H3/b32-14-;. The molecule has 0 saturated carbocycles. The van der Waals surface area contributed by atoms with Crippen LogP contribution in [0.25, 0.3) is 21.2 Å². The number of rotatable bonds is 13. The molecule has 0 aliphatic carbocycles. The van der Waals surface area contributed by atoms with Crippen molar-refractivity contribution in [1.82, 2.24) is 10.2 Å². The molecule has 2 unspecified atom stereocenters. The van der Waals surface area contributed by atoms with Crippen LogP contribution in [0.1, 0.15) is 120 Å². The highest BCUT2D eigenvalue weighted by molar-refractivity contribution is 7.23. The zero-order valence-electron chi connectivity index (χ0n) is 31.8. The Kier molecular flexibility index (Phi) is 14.6. The van der Waals surface area contributed by atoms with Crippen molar-refractivity contribution in [2.75, 3.05) is 25.9 Å². The molecule has 1 fully saturated rings. The highest BCUT2D eigenvalue weighted by Gasteiger charge is 2.31. The number of nitrogens with two attached hydrogens (primary N) is 1. The summed E-state index contributed by atoms with van der Waals surface area (Å²) in [7, 11) is 2.14. The maximum atomic E-state index is 15.1. The number of nitriles is 1. The average molecular weight is 718 g/mol. The minimum Gasteiger partial charge on any atom is -0.477 e. The van der Waals surface area contributed by atoms with E-state index in [1.54, 1.807) is 13.0 Å². The van der Waals surface area contributed by atoms with E-state index in [-0.39, 0.29) is 5.78 Å². The molecule has 10 heteroatoms. The fraction of sp³-hybridized carbons (Fsp3) is 0.537. The first-order valence-electron chi connectivity index (χ1n) is 18.6. The monoisotopic (exact) mass is 717 g/mol. The first kappa shape index (κ1) is 40.0. The van der Waals surface area contributed by atoms with Gasteiger partial charge in [0.05, 0.1) is 23.5 Å². The molecule has 51 heavy (non-hydrogen) atoms. The molecular formula is C41H56FN5O3S. The maximum Gasteiger partial charge on any atom is 0.188 e. The Bertz CT molecular complexity index is 1800. The number of nitrogen functional groups attached to an aromatic ring is 1. The number of allylic oxidation sites excluding steroid dienone is 1. The van der Waals surface area contributed by atoms with Crippen LogP contribution in [0.15, 0.2) is 29.1 Å². The number of ketones is 1. The number of carbonyl (C=O) groups excluding carboxylic acids is 1. The van der Waals surface area contributed by atoms with Crippen molar-refractivity contribution in [1.29, 1.82) is 5.26 Å². The van der Waals surface area contributed by atoms with Gasteiger partial charge in [0.1, 0.15) is 35.4 Å². The van der Waals surface area contributed by atoms with Crippen LogP contribution >= 0.6 is 11.3 Å². The Morgan fingerprint density at radius 3 is 2.57 bits per heavy atom. The average Bonchev–Trinajstić information content (AvgIpc) is 3.84. The Morgan fingerprint density at radius 1 is 1.24 bits per heavy atom. The van der Waals surface area contributed by atoms with E-state index in [1.807, 2.05) is 0 Å². The summed E-state index contributed by atoms with van der Waals surface area (Å²) in [4.78, 5) is 20.4. The van der Waals surface area contributed by atoms with Crippen LogP contribution in [0, 0.1) is 24.1 Å². The molecular weight excluding hydrogens is 662 g/mol. The third-order valence-corrected chi connectivity index (χ3v) is 10.7. The summed E-state index contributed by atoms with van der Waals surface area (Å²) in [6.45, 7) is 16.5. The number of carbonyl (C=O) groups is 1. The Labute approximate surface area is 307 Å². The lowest BCUT2D eigenvalue weighted by Gasteiger charge is -2.26. The van der Waals surface area contributed by atoms with Gasteiger partial charge < -0.3 is 25.4 Å². The summed E-state index contributed by atoms with van der Waals surface area (Å²) in [6, 6.07) is 5.27. The van der Waals surface area contributed by atoms with Crippen molar-refractivity contribution in [3.8, 4) is 17.2 Å². The predicted octanol–water partition coefficient (Wildman–Crippen LogP) is 9.32. The van der Waals surface area contributed by atoms with Crippen LogP contribution in [0.3, 0.4) is 0 Å². The molecule has 3 N–H and O–H groups in total. The van der Waals surface area contributed by atoms with Crippen LogP contribution in [0.4, 0.5) is 9.39 Å². The predicted molar refractivity (Wildman–Crippen MR) is 209 cm³/mol. The number of hydrogen-bond acceptors (Lipinski definition) is 8. The van der Waals surface area contributed by atoms with E-state index < -0.39 is 11.9 Å². The van der Waals surface area contributed by atoms with E-state index in [0.717, 1.165) is 88.9 Å². The van der Waals surface area contributed by atoms with Crippen molar-refractivity contribution >= 4 is 38.0 Å². The largest absolute Gasteiger partial charge is 0.477 e. The van der Waals surface area contributed by atoms with Gasteiger partial charge in [-0.25, -0.2) is 4.39 Å². The van der Waals surface area contributed by atoms with Gasteiger partial charge in [0.25, 0.3) is 0 Å². The number of thiophene rings is 1. The van der Waals surface area contributed by atoms with Crippen molar-refractivity contribution in [2.45, 2.75) is 125 Å². The van der Waals surface area contributed by atoms with Crippen LogP contribution < -0.4 is 11.1 Å². The van der Waals surface area contributed by atoms with E-state index in [1.165, 1.54) is 12.5 Å². The quantitative estimate of drug-likeness (QED) is 0.103. The fourth-order valence-electron chi connectivity index (χ4n) is 7.08. The number of nitrogens with zero attached hydrogens (tertiary/aromatic N) is 3. The number of likely N-dealkylation sites (tertiary alicyclic amines) is 1. The molecule has 1 saturated heterocycles. The zero-order chi connectivity index (χ0) is 37.2. The topological polar surface area (TPSA) is 113 Å². The number of ether oxygens (including phenoxy) is 2. The van der Waals surface area contributed by atoms with E-state index in [2.05, 4.69) is 71.0 Å². The number of likely N-dealkylation sites (N-methyl/N-ethyl adjacent to an activating group) is 1. The van der Waals surface area contributed by atoms with E-state index in [0.29, 0.717) is 71.1 Å². The lowest BCUT2D eigenvalue weighted by atomic mass is 9.82. The second-order valence-corrected chi connectivity index (χ2v) is 14.6. The van der Waals surface area contributed by atoms with E-state index in [9.17, 15) is 10.1 Å². The maximum absolute atomic E-state index is 15.1. The van der Waals surface area contributed by atoms with Gasteiger partial charge in [-0.2, -0.15) is 5.26 Å². The molecule has 2 aliphatic heterocycles. The third-order valence-electron chi connectivity index (χ3n) is 9.66. The van der Waals surface area contributed by atoms with Gasteiger partial charge in [-0.1, -0.05) is 59.9 Å². The summed E-state index contributed by atoms with van der Waals surface area (Å²) >= 11 is 1.10. The molecule has 1 aromatic heterocycles. The Balaban J connectivity index is 0.00000188. The first-order chi connectivity index (χ1) is 24.6. The lowest BCUT2D eigenvalue weighted by molar-refractivity contribution is -0.118. The van der Waals surface area contributed by atoms with Crippen molar-refractivity contribution in [2.24, 2.45) is 4.99 Å². The van der Waals surface area contributed by atoms with Gasteiger partial charge >= 0.3 is 0 Å². The minimum atomic E-state index is -0.517. The number of amidine groups is 1. The number of hydrogen-bond donors (Lipinski definition) is 2. The molecule has 2 atom stereocenters. The molecule has 0 amide bonds. The van der Waals surface area contributed by atoms with Crippen LogP contribution in [0.2, 0.25) is 0 Å². The second-order valence-electron chi connectivity index (χ2n) is 13.6. The van der Waals surface area contributed by atoms with Gasteiger partial charge in [0.15, 0.2) is 11.7 Å². The molecule has 2 aromatic carbocycles. The Morgan fingerprint density at radius 2 is 1.96 bits per heavy atom. The molecule has 0 spiro atoms. The number of halogens is 1. The summed E-state index contributed by atoms with van der Waals surface area (Å²) < 4.78 is 28.1. The fourth-order valence-corrected chi connectivity index (χ4v) is 8.03. The molecule has 3 heterocycles.